The minimum atomic E-state index is -0.830. The molecule has 24 heavy (non-hydrogen) atoms. The number of hydrogen-bond acceptors (Lipinski definition) is 3. The zero-order chi connectivity index (χ0) is 17.9. The largest absolute Gasteiger partial charge is 0.480 e. The van der Waals surface area contributed by atoms with Gasteiger partial charge >= 0.3 is 5.97 Å². The smallest absolute Gasteiger partial charge is 0.325 e. The van der Waals surface area contributed by atoms with E-state index in [0.717, 1.165) is 11.4 Å². The van der Waals surface area contributed by atoms with E-state index in [9.17, 15) is 9.90 Å². The average molecular weight is 329 g/mol. The highest BCUT2D eigenvalue weighted by molar-refractivity contribution is 5.75. The van der Waals surface area contributed by atoms with Gasteiger partial charge in [0.1, 0.15) is 11.9 Å². The number of hydrogen-bond donors (Lipinski definition) is 1. The lowest BCUT2D eigenvalue weighted by molar-refractivity contribution is -0.143. The van der Waals surface area contributed by atoms with Crippen LogP contribution in [0, 0.1) is 6.92 Å². The first-order valence-electron chi connectivity index (χ1n) is 8.21. The Balaban J connectivity index is 2.13. The van der Waals surface area contributed by atoms with Crippen molar-refractivity contribution in [3.63, 3.8) is 0 Å². The fraction of sp³-hybridized carbons (Fsp3) is 0.474. The second-order valence-corrected chi connectivity index (χ2v) is 7.26. The van der Waals surface area contributed by atoms with E-state index in [1.54, 1.807) is 6.20 Å². The van der Waals surface area contributed by atoms with Gasteiger partial charge in [-0.25, -0.2) is 4.98 Å². The molecule has 0 amide bonds. The number of imidazole rings is 1. The summed E-state index contributed by atoms with van der Waals surface area (Å²) in [4.78, 5) is 17.9. The van der Waals surface area contributed by atoms with Crippen molar-refractivity contribution in [3.8, 4) is 0 Å². The number of aromatic nitrogens is 2. The van der Waals surface area contributed by atoms with Crippen LogP contribution in [0.5, 0.6) is 0 Å². The Bertz CT molecular complexity index is 683. The van der Waals surface area contributed by atoms with Crippen LogP contribution < -0.4 is 0 Å². The normalized spacial score (nSPS) is 13.2. The first kappa shape index (κ1) is 18.2. The van der Waals surface area contributed by atoms with Crippen molar-refractivity contribution in [2.75, 3.05) is 13.6 Å². The molecular weight excluding hydrogens is 302 g/mol. The molecule has 0 spiro atoms. The van der Waals surface area contributed by atoms with Crippen molar-refractivity contribution in [3.05, 3.63) is 53.6 Å². The summed E-state index contributed by atoms with van der Waals surface area (Å²) in [5.41, 5.74) is 2.06. The molecule has 5 nitrogen and oxygen atoms in total. The standard InChI is InChI=1S/C19H27N3O2/c1-14-20-10-11-22(14)13-12-21(5)17(18(23)24)15-6-8-16(9-7-15)19(2,3)4/h6-11,17H,12-13H2,1-5H3,(H,23,24). The van der Waals surface area contributed by atoms with Gasteiger partial charge in [-0.05, 0) is 30.5 Å². The lowest BCUT2D eigenvalue weighted by atomic mass is 9.86. The highest BCUT2D eigenvalue weighted by Crippen LogP contribution is 2.26. The predicted octanol–water partition coefficient (Wildman–Crippen LogP) is 3.25. The van der Waals surface area contributed by atoms with E-state index >= 15 is 0 Å². The van der Waals surface area contributed by atoms with Crippen LogP contribution in [-0.4, -0.2) is 39.1 Å². The summed E-state index contributed by atoms with van der Waals surface area (Å²) < 4.78 is 2.03. The van der Waals surface area contributed by atoms with Gasteiger partial charge in [0.25, 0.3) is 0 Å². The number of nitrogens with zero attached hydrogens (tertiary/aromatic N) is 3. The first-order chi connectivity index (χ1) is 11.2. The molecule has 0 saturated heterocycles. The average Bonchev–Trinajstić information content (AvgIpc) is 2.90. The topological polar surface area (TPSA) is 58.4 Å². The molecule has 1 aromatic carbocycles. The fourth-order valence-electron chi connectivity index (χ4n) is 2.79. The SMILES string of the molecule is Cc1nccn1CCN(C)C(C(=O)O)c1ccc(C(C)(C)C)cc1. The number of rotatable bonds is 6. The first-order valence-corrected chi connectivity index (χ1v) is 8.21. The Kier molecular flexibility index (Phi) is 5.44. The quantitative estimate of drug-likeness (QED) is 0.884. The van der Waals surface area contributed by atoms with Crippen molar-refractivity contribution in [2.24, 2.45) is 0 Å². The van der Waals surface area contributed by atoms with E-state index in [1.807, 2.05) is 53.9 Å². The Morgan fingerprint density at radius 2 is 1.92 bits per heavy atom. The maximum absolute atomic E-state index is 11.8. The predicted molar refractivity (Wildman–Crippen MR) is 95.1 cm³/mol. The van der Waals surface area contributed by atoms with Crippen molar-refractivity contribution in [1.29, 1.82) is 0 Å². The summed E-state index contributed by atoms with van der Waals surface area (Å²) in [6, 6.07) is 7.26. The zero-order valence-electron chi connectivity index (χ0n) is 15.2. The molecule has 0 aliphatic rings. The van der Waals surface area contributed by atoms with Crippen molar-refractivity contribution < 1.29 is 9.90 Å². The van der Waals surface area contributed by atoms with Gasteiger partial charge < -0.3 is 9.67 Å². The monoisotopic (exact) mass is 329 g/mol. The third-order valence-electron chi connectivity index (χ3n) is 4.38. The van der Waals surface area contributed by atoms with Gasteiger partial charge in [0.2, 0.25) is 0 Å². The highest BCUT2D eigenvalue weighted by atomic mass is 16.4. The fourth-order valence-corrected chi connectivity index (χ4v) is 2.79. The minimum absolute atomic E-state index is 0.0576. The van der Waals surface area contributed by atoms with Gasteiger partial charge in [0.15, 0.2) is 0 Å². The van der Waals surface area contributed by atoms with Gasteiger partial charge in [-0.2, -0.15) is 0 Å². The lowest BCUT2D eigenvalue weighted by Crippen LogP contribution is -2.33. The molecular formula is C19H27N3O2. The molecule has 130 valence electrons. The van der Waals surface area contributed by atoms with E-state index in [1.165, 1.54) is 5.56 Å². The maximum atomic E-state index is 11.8. The third-order valence-corrected chi connectivity index (χ3v) is 4.38. The Morgan fingerprint density at radius 1 is 1.29 bits per heavy atom. The number of benzene rings is 1. The number of carboxylic acid groups (broad SMARTS) is 1. The molecule has 0 fully saturated rings. The molecule has 0 aliphatic carbocycles. The number of aliphatic carboxylic acids is 1. The zero-order valence-corrected chi connectivity index (χ0v) is 15.2. The Hall–Kier alpha value is -2.14. The molecule has 1 N–H and O–H groups in total. The molecule has 0 saturated carbocycles. The third kappa shape index (κ3) is 4.23. The molecule has 1 atom stereocenters. The van der Waals surface area contributed by atoms with E-state index in [0.29, 0.717) is 13.1 Å². The Labute approximate surface area is 143 Å². The van der Waals surface area contributed by atoms with E-state index < -0.39 is 12.0 Å². The molecule has 0 bridgehead atoms. The molecule has 1 unspecified atom stereocenters. The number of likely N-dealkylation sites (N-methyl/N-ethyl adjacent to an activating group) is 1. The van der Waals surface area contributed by atoms with Crippen LogP contribution in [0.15, 0.2) is 36.7 Å². The van der Waals surface area contributed by atoms with Gasteiger partial charge in [-0.3, -0.25) is 9.69 Å². The summed E-state index contributed by atoms with van der Waals surface area (Å²) in [5, 5.41) is 9.68. The van der Waals surface area contributed by atoms with Crippen LogP contribution in [0.25, 0.3) is 0 Å². The van der Waals surface area contributed by atoms with Crippen LogP contribution in [0.3, 0.4) is 0 Å². The van der Waals surface area contributed by atoms with Gasteiger partial charge in [0, 0.05) is 25.5 Å². The summed E-state index contributed by atoms with van der Waals surface area (Å²) in [7, 11) is 1.85. The molecule has 5 heteroatoms. The van der Waals surface area contributed by atoms with Crippen LogP contribution in [0.2, 0.25) is 0 Å². The van der Waals surface area contributed by atoms with Crippen molar-refractivity contribution in [2.45, 2.75) is 45.7 Å². The highest BCUT2D eigenvalue weighted by Gasteiger charge is 2.25. The molecule has 2 rings (SSSR count). The van der Waals surface area contributed by atoms with Gasteiger partial charge in [-0.15, -0.1) is 0 Å². The van der Waals surface area contributed by atoms with Crippen molar-refractivity contribution in [1.82, 2.24) is 14.5 Å². The van der Waals surface area contributed by atoms with Gasteiger partial charge in [-0.1, -0.05) is 45.0 Å². The van der Waals surface area contributed by atoms with Gasteiger partial charge in [0.05, 0.1) is 0 Å². The minimum Gasteiger partial charge on any atom is -0.480 e. The van der Waals surface area contributed by atoms with Crippen LogP contribution >= 0.6 is 0 Å². The van der Waals surface area contributed by atoms with Crippen LogP contribution in [-0.2, 0) is 16.8 Å². The second-order valence-electron chi connectivity index (χ2n) is 7.26. The lowest BCUT2D eigenvalue weighted by Gasteiger charge is -2.26. The summed E-state index contributed by atoms with van der Waals surface area (Å²) in [6.07, 6.45) is 3.67. The number of carboxylic acids is 1. The summed E-state index contributed by atoms with van der Waals surface area (Å²) in [6.45, 7) is 9.74. The summed E-state index contributed by atoms with van der Waals surface area (Å²) in [5.74, 6) is 0.105. The van der Waals surface area contributed by atoms with Crippen molar-refractivity contribution >= 4 is 5.97 Å². The van der Waals surface area contributed by atoms with E-state index in [4.69, 9.17) is 0 Å². The molecule has 2 aromatic rings. The van der Waals surface area contributed by atoms with Crippen LogP contribution in [0.1, 0.15) is 43.8 Å². The number of aryl methyl sites for hydroxylation is 1. The molecule has 1 aromatic heterocycles. The van der Waals surface area contributed by atoms with E-state index in [2.05, 4.69) is 25.8 Å². The number of carbonyl (C=O) groups is 1. The molecule has 0 aliphatic heterocycles. The van der Waals surface area contributed by atoms with Crippen LogP contribution in [0.4, 0.5) is 0 Å². The second kappa shape index (κ2) is 7.18. The Morgan fingerprint density at radius 3 is 2.38 bits per heavy atom. The molecule has 0 radical (unpaired) electrons. The maximum Gasteiger partial charge on any atom is 0.325 e. The van der Waals surface area contributed by atoms with E-state index in [-0.39, 0.29) is 5.41 Å². The molecule has 1 heterocycles. The summed E-state index contributed by atoms with van der Waals surface area (Å²) >= 11 is 0.